The van der Waals surface area contributed by atoms with E-state index in [1.807, 2.05) is 0 Å². The Kier molecular flexibility index (Phi) is 3.34. The molecule has 0 radical (unpaired) electrons. The Morgan fingerprint density at radius 3 is 2.74 bits per heavy atom. The predicted molar refractivity (Wildman–Crippen MR) is 95.4 cm³/mol. The van der Waals surface area contributed by atoms with E-state index in [2.05, 4.69) is 72.3 Å². The van der Waals surface area contributed by atoms with Crippen LogP contribution >= 0.6 is 0 Å². The lowest BCUT2D eigenvalue weighted by atomic mass is 10.00. The number of benzene rings is 2. The van der Waals surface area contributed by atoms with Crippen LogP contribution in [0.2, 0.25) is 0 Å². The van der Waals surface area contributed by atoms with Crippen LogP contribution in [0.25, 0.3) is 33.1 Å². The second kappa shape index (κ2) is 5.51. The first-order valence-corrected chi connectivity index (χ1v) is 8.03. The molecule has 0 bridgehead atoms. The Morgan fingerprint density at radius 1 is 1.04 bits per heavy atom. The van der Waals surface area contributed by atoms with Gasteiger partial charge in [0.05, 0.1) is 17.5 Å². The molecule has 2 aromatic heterocycles. The second-order valence-corrected chi connectivity index (χ2v) is 6.39. The summed E-state index contributed by atoms with van der Waals surface area (Å²) in [6, 6.07) is 16.9. The van der Waals surface area contributed by atoms with E-state index in [1.54, 1.807) is 6.33 Å². The Hall–Kier alpha value is -2.68. The fourth-order valence-electron chi connectivity index (χ4n) is 3.14. The van der Waals surface area contributed by atoms with Crippen LogP contribution in [0.3, 0.4) is 0 Å². The van der Waals surface area contributed by atoms with Gasteiger partial charge in [0.1, 0.15) is 5.52 Å². The number of nitrogens with zero attached hydrogens (tertiary/aromatic N) is 2. The maximum Gasteiger partial charge on any atom is 0.115 e. The van der Waals surface area contributed by atoms with E-state index in [-0.39, 0.29) is 0 Å². The van der Waals surface area contributed by atoms with Crippen LogP contribution in [-0.4, -0.2) is 15.0 Å². The van der Waals surface area contributed by atoms with E-state index in [9.17, 15) is 0 Å². The van der Waals surface area contributed by atoms with Gasteiger partial charge in [0.2, 0.25) is 0 Å². The zero-order valence-corrected chi connectivity index (χ0v) is 13.4. The lowest BCUT2D eigenvalue weighted by Gasteiger charge is -2.10. The Bertz CT molecular complexity index is 977. The van der Waals surface area contributed by atoms with Crippen molar-refractivity contribution in [3.8, 4) is 11.3 Å². The molecule has 1 N–H and O–H groups in total. The highest BCUT2D eigenvalue weighted by Gasteiger charge is 2.13. The van der Waals surface area contributed by atoms with Crippen LogP contribution in [0.4, 0.5) is 0 Å². The Labute approximate surface area is 135 Å². The van der Waals surface area contributed by atoms with Gasteiger partial charge in [-0.25, -0.2) is 4.98 Å². The summed E-state index contributed by atoms with van der Waals surface area (Å²) in [6.07, 6.45) is 2.72. The average Bonchev–Trinajstić information content (AvgIpc) is 3.01. The Morgan fingerprint density at radius 2 is 1.87 bits per heavy atom. The van der Waals surface area contributed by atoms with Crippen LogP contribution in [0.1, 0.15) is 19.5 Å². The number of aromatic nitrogens is 3. The van der Waals surface area contributed by atoms with Gasteiger partial charge in [-0.2, -0.15) is 0 Å². The normalized spacial score (nSPS) is 11.6. The van der Waals surface area contributed by atoms with Crippen molar-refractivity contribution in [1.29, 1.82) is 0 Å². The maximum absolute atomic E-state index is 4.95. The van der Waals surface area contributed by atoms with Gasteiger partial charge in [0.25, 0.3) is 0 Å². The molecule has 0 aliphatic carbocycles. The van der Waals surface area contributed by atoms with Gasteiger partial charge in [-0.15, -0.1) is 0 Å². The molecule has 23 heavy (non-hydrogen) atoms. The van der Waals surface area contributed by atoms with Gasteiger partial charge in [0, 0.05) is 11.3 Å². The van der Waals surface area contributed by atoms with E-state index in [0.717, 1.165) is 34.4 Å². The number of hydrogen-bond acceptors (Lipinski definition) is 2. The molecular formula is C20H19N3. The quantitative estimate of drug-likeness (QED) is 0.580. The first-order chi connectivity index (χ1) is 11.2. The van der Waals surface area contributed by atoms with Crippen LogP contribution < -0.4 is 0 Å². The number of aromatic amines is 1. The molecule has 3 nitrogen and oxygen atoms in total. The molecule has 0 aliphatic heterocycles. The van der Waals surface area contributed by atoms with Crippen molar-refractivity contribution in [3.05, 3.63) is 60.6 Å². The molecule has 114 valence electrons. The molecule has 0 atom stereocenters. The number of fused-ring (bicyclic) bond motifs is 2. The maximum atomic E-state index is 4.95. The van der Waals surface area contributed by atoms with Crippen LogP contribution in [-0.2, 0) is 6.42 Å². The number of nitrogens with one attached hydrogen (secondary N) is 1. The summed E-state index contributed by atoms with van der Waals surface area (Å²) in [7, 11) is 0. The van der Waals surface area contributed by atoms with Crippen molar-refractivity contribution in [2.24, 2.45) is 5.92 Å². The highest BCUT2D eigenvalue weighted by atomic mass is 14.9. The topological polar surface area (TPSA) is 41.6 Å². The molecule has 0 amide bonds. The molecule has 2 aromatic carbocycles. The number of hydrogen-bond donors (Lipinski definition) is 1. The molecule has 0 spiro atoms. The third-order valence-corrected chi connectivity index (χ3v) is 4.12. The summed E-state index contributed by atoms with van der Waals surface area (Å²) in [5.41, 5.74) is 5.22. The fourth-order valence-corrected chi connectivity index (χ4v) is 3.14. The van der Waals surface area contributed by atoms with Gasteiger partial charge < -0.3 is 4.98 Å². The van der Waals surface area contributed by atoms with E-state index in [1.165, 1.54) is 10.8 Å². The standard InChI is InChI=1S/C20H19N3/c1-13(2)10-15-11-18-20(22-12-21-18)19(23-15)17-9-5-7-14-6-3-4-8-16(14)17/h3-9,11-13H,10H2,1-2H3,(H,21,22). The number of pyridine rings is 1. The third kappa shape index (κ3) is 2.48. The van der Waals surface area contributed by atoms with Crippen LogP contribution in [0.15, 0.2) is 54.9 Å². The molecule has 4 rings (SSSR count). The van der Waals surface area contributed by atoms with Crippen molar-refractivity contribution in [3.63, 3.8) is 0 Å². The van der Waals surface area contributed by atoms with Gasteiger partial charge in [-0.05, 0) is 29.2 Å². The van der Waals surface area contributed by atoms with Crippen molar-refractivity contribution in [1.82, 2.24) is 15.0 Å². The molecule has 3 heteroatoms. The number of imidazole rings is 1. The highest BCUT2D eigenvalue weighted by Crippen LogP contribution is 2.31. The lowest BCUT2D eigenvalue weighted by Crippen LogP contribution is -1.99. The number of rotatable bonds is 3. The van der Waals surface area contributed by atoms with E-state index >= 15 is 0 Å². The van der Waals surface area contributed by atoms with Crippen molar-refractivity contribution in [2.75, 3.05) is 0 Å². The zero-order chi connectivity index (χ0) is 15.8. The smallest absolute Gasteiger partial charge is 0.115 e. The monoisotopic (exact) mass is 301 g/mol. The molecule has 0 unspecified atom stereocenters. The molecule has 0 saturated heterocycles. The predicted octanol–water partition coefficient (Wildman–Crippen LogP) is 4.98. The summed E-state index contributed by atoms with van der Waals surface area (Å²) < 4.78 is 0. The summed E-state index contributed by atoms with van der Waals surface area (Å²) in [6.45, 7) is 4.44. The average molecular weight is 301 g/mol. The highest BCUT2D eigenvalue weighted by molar-refractivity contribution is 6.01. The minimum absolute atomic E-state index is 0.572. The molecule has 2 heterocycles. The number of H-pyrrole nitrogens is 1. The summed E-state index contributed by atoms with van der Waals surface area (Å²) in [4.78, 5) is 12.7. The van der Waals surface area contributed by atoms with Gasteiger partial charge >= 0.3 is 0 Å². The first-order valence-electron chi connectivity index (χ1n) is 8.03. The van der Waals surface area contributed by atoms with Gasteiger partial charge in [0.15, 0.2) is 0 Å². The van der Waals surface area contributed by atoms with E-state index < -0.39 is 0 Å². The van der Waals surface area contributed by atoms with Crippen LogP contribution in [0.5, 0.6) is 0 Å². The fraction of sp³-hybridized carbons (Fsp3) is 0.200. The SMILES string of the molecule is CC(C)Cc1cc2[nH]cnc2c(-c2cccc3ccccc23)n1. The second-order valence-electron chi connectivity index (χ2n) is 6.39. The summed E-state index contributed by atoms with van der Waals surface area (Å²) in [5, 5.41) is 2.44. The van der Waals surface area contributed by atoms with Gasteiger partial charge in [-0.1, -0.05) is 56.3 Å². The van der Waals surface area contributed by atoms with Gasteiger partial charge in [-0.3, -0.25) is 4.98 Å². The molecule has 4 aromatic rings. The van der Waals surface area contributed by atoms with E-state index in [4.69, 9.17) is 4.98 Å². The minimum atomic E-state index is 0.572. The molecular weight excluding hydrogens is 282 g/mol. The summed E-state index contributed by atoms with van der Waals surface area (Å²) >= 11 is 0. The molecule has 0 saturated carbocycles. The Balaban J connectivity index is 2.01. The zero-order valence-electron chi connectivity index (χ0n) is 13.4. The minimum Gasteiger partial charge on any atom is -0.344 e. The molecule has 0 fully saturated rings. The van der Waals surface area contributed by atoms with E-state index in [0.29, 0.717) is 5.92 Å². The molecule has 0 aliphatic rings. The van der Waals surface area contributed by atoms with Crippen molar-refractivity contribution < 1.29 is 0 Å². The van der Waals surface area contributed by atoms with Crippen LogP contribution in [0, 0.1) is 5.92 Å². The van der Waals surface area contributed by atoms with Crippen molar-refractivity contribution in [2.45, 2.75) is 20.3 Å². The third-order valence-electron chi connectivity index (χ3n) is 4.12. The van der Waals surface area contributed by atoms with Crippen molar-refractivity contribution >= 4 is 21.8 Å². The largest absolute Gasteiger partial charge is 0.344 e. The first kappa shape index (κ1) is 13.9. The summed E-state index contributed by atoms with van der Waals surface area (Å²) in [5.74, 6) is 0.572. The lowest BCUT2D eigenvalue weighted by molar-refractivity contribution is 0.636.